The molecule has 5 heteroatoms. The molecule has 2 aromatic rings. The maximum Gasteiger partial charge on any atom is 0.273 e. The van der Waals surface area contributed by atoms with Gasteiger partial charge in [-0.15, -0.1) is 0 Å². The monoisotopic (exact) mass is 316 g/mol. The first-order valence-electron chi connectivity index (χ1n) is 7.54. The first-order chi connectivity index (χ1) is 11.7. The number of amides is 1. The number of carbonyl (C=O) groups excluding carboxylic acids is 1. The number of benzene rings is 2. The zero-order chi connectivity index (χ0) is 16.8. The first-order valence-corrected chi connectivity index (χ1v) is 7.54. The summed E-state index contributed by atoms with van der Waals surface area (Å²) < 4.78 is 0. The summed E-state index contributed by atoms with van der Waals surface area (Å²) in [6, 6.07) is 21.0. The Labute approximate surface area is 140 Å². The van der Waals surface area contributed by atoms with Crippen molar-refractivity contribution < 1.29 is 4.79 Å². The van der Waals surface area contributed by atoms with Crippen LogP contribution >= 0.6 is 0 Å². The van der Waals surface area contributed by atoms with Gasteiger partial charge in [0.2, 0.25) is 5.54 Å². The highest BCUT2D eigenvalue weighted by Crippen LogP contribution is 2.21. The summed E-state index contributed by atoms with van der Waals surface area (Å²) in [6.45, 7) is 0.367. The average molecular weight is 316 g/mol. The van der Waals surface area contributed by atoms with E-state index in [0.29, 0.717) is 6.54 Å². The van der Waals surface area contributed by atoms with Crippen LogP contribution < -0.4 is 10.2 Å². The summed E-state index contributed by atoms with van der Waals surface area (Å²) in [5, 5.41) is 12.4. The van der Waals surface area contributed by atoms with Crippen LogP contribution in [0.1, 0.15) is 5.56 Å². The van der Waals surface area contributed by atoms with Gasteiger partial charge in [-0.2, -0.15) is 5.26 Å². The molecule has 0 fully saturated rings. The summed E-state index contributed by atoms with van der Waals surface area (Å²) in [5.74, 6) is -0.367. The summed E-state index contributed by atoms with van der Waals surface area (Å²) in [4.78, 5) is 18.7. The second-order valence-electron chi connectivity index (χ2n) is 5.37. The topological polar surface area (TPSA) is 68.5 Å². The van der Waals surface area contributed by atoms with Gasteiger partial charge in [0.1, 0.15) is 6.07 Å². The van der Waals surface area contributed by atoms with Crippen LogP contribution in [0.15, 0.2) is 78.1 Å². The number of nitrogens with one attached hydrogen (secondary N) is 1. The van der Waals surface area contributed by atoms with E-state index in [2.05, 4.69) is 16.4 Å². The molecule has 2 aromatic carbocycles. The third kappa shape index (κ3) is 3.03. The summed E-state index contributed by atoms with van der Waals surface area (Å²) in [6.07, 6.45) is 4.36. The zero-order valence-electron chi connectivity index (χ0n) is 13.0. The SMILES string of the molecule is N#CC1(C(=O)N(Cc2ccccc2)c2ccccc2)C=NC=CN1. The molecule has 0 bridgehead atoms. The van der Waals surface area contributed by atoms with Crippen LogP contribution in [0.4, 0.5) is 5.69 Å². The van der Waals surface area contributed by atoms with Gasteiger partial charge in [-0.05, 0) is 17.7 Å². The molecule has 1 N–H and O–H groups in total. The van der Waals surface area contributed by atoms with Gasteiger partial charge >= 0.3 is 0 Å². The normalized spacial score (nSPS) is 18.5. The fraction of sp³-hybridized carbons (Fsp3) is 0.105. The lowest BCUT2D eigenvalue weighted by molar-refractivity contribution is -0.120. The first kappa shape index (κ1) is 15.5. The average Bonchev–Trinajstić information content (AvgIpc) is 2.67. The fourth-order valence-electron chi connectivity index (χ4n) is 2.50. The molecule has 1 atom stereocenters. The maximum atomic E-state index is 13.2. The molecule has 0 radical (unpaired) electrons. The smallest absolute Gasteiger partial charge is 0.273 e. The maximum absolute atomic E-state index is 13.2. The lowest BCUT2D eigenvalue weighted by Crippen LogP contribution is -2.57. The van der Waals surface area contributed by atoms with Crippen LogP contribution in [0.5, 0.6) is 0 Å². The van der Waals surface area contributed by atoms with Gasteiger partial charge in [0.05, 0.1) is 12.8 Å². The van der Waals surface area contributed by atoms with Gasteiger partial charge in [0, 0.05) is 18.1 Å². The lowest BCUT2D eigenvalue weighted by atomic mass is 9.99. The molecule has 3 rings (SSSR count). The third-order valence-corrected chi connectivity index (χ3v) is 3.75. The number of aliphatic imine (C=N–C) groups is 1. The number of hydrogen-bond acceptors (Lipinski definition) is 4. The van der Waals surface area contributed by atoms with Gasteiger partial charge in [-0.1, -0.05) is 48.5 Å². The van der Waals surface area contributed by atoms with Crippen molar-refractivity contribution in [3.63, 3.8) is 0 Å². The molecule has 1 unspecified atom stereocenters. The summed E-state index contributed by atoms with van der Waals surface area (Å²) in [5.41, 5.74) is 0.205. The van der Waals surface area contributed by atoms with Crippen molar-refractivity contribution in [2.45, 2.75) is 12.1 Å². The Morgan fingerprint density at radius 2 is 1.79 bits per heavy atom. The van der Waals surface area contributed by atoms with Crippen LogP contribution in [0.25, 0.3) is 0 Å². The quantitative estimate of drug-likeness (QED) is 0.943. The number of anilines is 1. The van der Waals surface area contributed by atoms with E-state index in [4.69, 9.17) is 0 Å². The van der Waals surface area contributed by atoms with Crippen molar-refractivity contribution in [2.75, 3.05) is 4.90 Å². The van der Waals surface area contributed by atoms with E-state index in [-0.39, 0.29) is 5.91 Å². The van der Waals surface area contributed by atoms with E-state index < -0.39 is 5.54 Å². The molecular weight excluding hydrogens is 300 g/mol. The molecule has 1 amide bonds. The zero-order valence-corrected chi connectivity index (χ0v) is 13.0. The van der Waals surface area contributed by atoms with E-state index >= 15 is 0 Å². The Hall–Kier alpha value is -3.39. The molecule has 5 nitrogen and oxygen atoms in total. The molecule has 1 heterocycles. The van der Waals surface area contributed by atoms with Crippen molar-refractivity contribution in [3.8, 4) is 6.07 Å². The molecular formula is C19H16N4O. The molecule has 1 aliphatic heterocycles. The molecule has 0 aromatic heterocycles. The van der Waals surface area contributed by atoms with Crippen molar-refractivity contribution in [3.05, 3.63) is 78.6 Å². The standard InChI is InChI=1S/C19H16N4O/c20-14-19(15-21-11-12-22-19)18(24)23(17-9-5-2-6-10-17)13-16-7-3-1-4-8-16/h1-12,15,22H,13H2. The van der Waals surface area contributed by atoms with Crippen LogP contribution in [-0.4, -0.2) is 17.7 Å². The minimum Gasteiger partial charge on any atom is -0.360 e. The van der Waals surface area contributed by atoms with E-state index in [1.165, 1.54) is 18.6 Å². The molecule has 1 aliphatic rings. The molecule has 0 aliphatic carbocycles. The summed E-state index contributed by atoms with van der Waals surface area (Å²) in [7, 11) is 0. The predicted molar refractivity (Wildman–Crippen MR) is 93.2 cm³/mol. The molecule has 24 heavy (non-hydrogen) atoms. The number of hydrogen-bond donors (Lipinski definition) is 1. The lowest BCUT2D eigenvalue weighted by Gasteiger charge is -2.31. The van der Waals surface area contributed by atoms with E-state index in [1.54, 1.807) is 4.90 Å². The Balaban J connectivity index is 1.98. The Morgan fingerprint density at radius 1 is 1.12 bits per heavy atom. The molecule has 0 saturated heterocycles. The highest BCUT2D eigenvalue weighted by atomic mass is 16.2. The van der Waals surface area contributed by atoms with Crippen LogP contribution in [0.2, 0.25) is 0 Å². The fourth-order valence-corrected chi connectivity index (χ4v) is 2.50. The van der Waals surface area contributed by atoms with Gasteiger partial charge in [-0.3, -0.25) is 9.79 Å². The van der Waals surface area contributed by atoms with Gasteiger partial charge in [-0.25, -0.2) is 0 Å². The second-order valence-corrected chi connectivity index (χ2v) is 5.37. The van der Waals surface area contributed by atoms with Gasteiger partial charge in [0.25, 0.3) is 5.91 Å². The Kier molecular flexibility index (Phi) is 4.39. The van der Waals surface area contributed by atoms with Gasteiger partial charge in [0.15, 0.2) is 0 Å². The second kappa shape index (κ2) is 6.80. The minimum atomic E-state index is -1.50. The summed E-state index contributed by atoms with van der Waals surface area (Å²) >= 11 is 0. The minimum absolute atomic E-state index is 0.367. The van der Waals surface area contributed by atoms with Crippen LogP contribution in [0, 0.1) is 11.3 Å². The third-order valence-electron chi connectivity index (χ3n) is 3.75. The highest BCUT2D eigenvalue weighted by molar-refractivity contribution is 6.14. The molecule has 0 spiro atoms. The predicted octanol–water partition coefficient (Wildman–Crippen LogP) is 2.63. The van der Waals surface area contributed by atoms with Crippen molar-refractivity contribution in [1.29, 1.82) is 5.26 Å². The number of carbonyl (C=O) groups is 1. The van der Waals surface area contributed by atoms with E-state index in [0.717, 1.165) is 11.3 Å². The number of nitriles is 1. The highest BCUT2D eigenvalue weighted by Gasteiger charge is 2.41. The largest absolute Gasteiger partial charge is 0.360 e. The van der Waals surface area contributed by atoms with Crippen LogP contribution in [0.3, 0.4) is 0 Å². The molecule has 0 saturated carbocycles. The van der Waals surface area contributed by atoms with E-state index in [9.17, 15) is 10.1 Å². The van der Waals surface area contributed by atoms with E-state index in [1.807, 2.05) is 60.7 Å². The van der Waals surface area contributed by atoms with Crippen molar-refractivity contribution in [2.24, 2.45) is 4.99 Å². The number of para-hydroxylation sites is 1. The number of rotatable bonds is 4. The van der Waals surface area contributed by atoms with Gasteiger partial charge < -0.3 is 10.2 Å². The van der Waals surface area contributed by atoms with Crippen LogP contribution in [-0.2, 0) is 11.3 Å². The molecule has 118 valence electrons. The Morgan fingerprint density at radius 3 is 2.38 bits per heavy atom. The Bertz CT molecular complexity index is 808. The van der Waals surface area contributed by atoms with Crippen molar-refractivity contribution in [1.82, 2.24) is 5.32 Å². The van der Waals surface area contributed by atoms with Crippen molar-refractivity contribution >= 4 is 17.8 Å². The number of nitrogens with zero attached hydrogens (tertiary/aromatic N) is 3.